The molecule has 0 aromatic rings. The van der Waals surface area contributed by atoms with E-state index in [4.69, 9.17) is 0 Å². The molecule has 0 aromatic carbocycles. The van der Waals surface area contributed by atoms with Gasteiger partial charge in [-0.3, -0.25) is 52.7 Å². The molecule has 0 bridgehead atoms. The van der Waals surface area contributed by atoms with Crippen molar-refractivity contribution >= 4 is 65.0 Å². The van der Waals surface area contributed by atoms with Crippen LogP contribution in [0.15, 0.2) is 12.2 Å². The molecule has 12 atom stereocenters. The van der Waals surface area contributed by atoms with Crippen molar-refractivity contribution in [3.05, 3.63) is 12.2 Å². The summed E-state index contributed by atoms with van der Waals surface area (Å²) in [5.41, 5.74) is 0. The van der Waals surface area contributed by atoms with Crippen LogP contribution in [0.5, 0.6) is 0 Å². The van der Waals surface area contributed by atoms with E-state index in [2.05, 4.69) is 21.3 Å². The Morgan fingerprint density at radius 3 is 1.23 bits per heavy atom. The third-order valence-corrected chi connectivity index (χ3v) is 16.3. The fourth-order valence-electron chi connectivity index (χ4n) is 10.8. The molecule has 23 heteroatoms. The number of aliphatic hydroxyl groups is 1. The van der Waals surface area contributed by atoms with Gasteiger partial charge in [0, 0.05) is 49.3 Å². The Bertz CT molecular complexity index is 2360. The summed E-state index contributed by atoms with van der Waals surface area (Å²) < 4.78 is 0. The predicted molar refractivity (Wildman–Crippen MR) is 333 cm³/mol. The van der Waals surface area contributed by atoms with Crippen LogP contribution in [0.25, 0.3) is 0 Å². The Morgan fingerprint density at radius 2 is 0.791 bits per heavy atom. The number of nitrogens with one attached hydrogen (secondary N) is 4. The Hall–Kier alpha value is -6.13. The number of hydrogen-bond acceptors (Lipinski definition) is 12. The summed E-state index contributed by atoms with van der Waals surface area (Å²) in [4.78, 5) is 169. The quantitative estimate of drug-likeness (QED) is 0.147. The average molecular weight is 1220 g/mol. The molecule has 1 aliphatic rings. The molecule has 5 N–H and O–H groups in total. The fraction of sp³-hybridized carbons (Fsp3) is 0.794. The van der Waals surface area contributed by atoms with Gasteiger partial charge in [-0.25, -0.2) is 0 Å². The van der Waals surface area contributed by atoms with Gasteiger partial charge in [0.2, 0.25) is 65.0 Å². The van der Waals surface area contributed by atoms with Crippen molar-refractivity contribution < 1.29 is 57.8 Å². The summed E-state index contributed by atoms with van der Waals surface area (Å²) in [7, 11) is 9.93. The molecule has 0 spiro atoms. The number of allylic oxidation sites excluding steroid dienone is 2. The van der Waals surface area contributed by atoms with Gasteiger partial charge in [-0.15, -0.1) is 0 Å². The standard InChI is InChI=1S/C63H113N11O12/c1-26-27-28-41(16)53(76)52-57(80)67-49(38(10)11)61(84)68(19)33-48(75)69(20)44(29-34(2)3)56(79)66-50(39(12)13)62(85)70(21)45(30-35(4)5)55(78)64-42(17)54(77)65-43(18)58(81)71(22)46(31-36(6)7)59(82)72(23)47(32-37(8)9)60(83)73(24)51(40(14)15)63(86)74(52)25/h26-27,34-47,49-53,76H,28-33H2,1-25H3,(H,64,78)(H,65,77)(H,66,79)(H,67,80)/b27-26+/t41-,42+,43-,44?,45+,46+,47+,49+,50+,51+,52+,53-/m1/s1. The predicted octanol–water partition coefficient (Wildman–Crippen LogP) is 3.52. The highest BCUT2D eigenvalue weighted by atomic mass is 16.3. The first kappa shape index (κ1) is 77.9. The zero-order valence-electron chi connectivity index (χ0n) is 56.9. The van der Waals surface area contributed by atoms with Gasteiger partial charge in [0.25, 0.3) is 0 Å². The van der Waals surface area contributed by atoms with Gasteiger partial charge in [0.05, 0.1) is 12.6 Å². The number of amides is 11. The van der Waals surface area contributed by atoms with Gasteiger partial charge in [0.15, 0.2) is 0 Å². The monoisotopic (exact) mass is 1220 g/mol. The van der Waals surface area contributed by atoms with Crippen LogP contribution in [0.3, 0.4) is 0 Å². The summed E-state index contributed by atoms with van der Waals surface area (Å²) in [6.07, 6.45) is 3.00. The summed E-state index contributed by atoms with van der Waals surface area (Å²) >= 11 is 0. The zero-order valence-corrected chi connectivity index (χ0v) is 56.9. The molecule has 0 saturated carbocycles. The fourth-order valence-corrected chi connectivity index (χ4v) is 10.8. The van der Waals surface area contributed by atoms with E-state index in [-0.39, 0.29) is 49.4 Å². The van der Waals surface area contributed by atoms with Crippen molar-refractivity contribution in [3.8, 4) is 0 Å². The molecule has 86 heavy (non-hydrogen) atoms. The van der Waals surface area contributed by atoms with Crippen LogP contribution in [0.2, 0.25) is 0 Å². The third kappa shape index (κ3) is 21.6. The van der Waals surface area contributed by atoms with Gasteiger partial charge in [-0.1, -0.05) is 116 Å². The van der Waals surface area contributed by atoms with Gasteiger partial charge in [0.1, 0.15) is 60.4 Å². The molecule has 1 aliphatic heterocycles. The maximum atomic E-state index is 15.2. The maximum Gasteiger partial charge on any atom is 0.246 e. The van der Waals surface area contributed by atoms with Crippen LogP contribution >= 0.6 is 0 Å². The summed E-state index contributed by atoms with van der Waals surface area (Å²) in [6, 6.07) is -12.4. The van der Waals surface area contributed by atoms with Crippen molar-refractivity contribution in [1.82, 2.24) is 55.6 Å². The Labute approximate surface area is 515 Å². The maximum absolute atomic E-state index is 15.2. The Kier molecular flexibility index (Phi) is 31.7. The zero-order chi connectivity index (χ0) is 66.8. The van der Waals surface area contributed by atoms with Crippen LogP contribution < -0.4 is 21.3 Å². The van der Waals surface area contributed by atoms with Crippen molar-refractivity contribution in [3.63, 3.8) is 0 Å². The molecule has 492 valence electrons. The molecule has 1 fully saturated rings. The molecular weight excluding hydrogens is 1100 g/mol. The normalized spacial score (nSPS) is 26.8. The number of carbonyl (C=O) groups is 11. The smallest absolute Gasteiger partial charge is 0.246 e. The lowest BCUT2D eigenvalue weighted by atomic mass is 9.91. The van der Waals surface area contributed by atoms with E-state index < -0.39 is 162 Å². The van der Waals surface area contributed by atoms with E-state index in [0.29, 0.717) is 6.42 Å². The number of hydrogen-bond donors (Lipinski definition) is 5. The van der Waals surface area contributed by atoms with Crippen LogP contribution in [-0.4, -0.2) is 227 Å². The molecule has 1 saturated heterocycles. The highest BCUT2D eigenvalue weighted by Gasteiger charge is 2.46. The number of nitrogens with zero attached hydrogens (tertiary/aromatic N) is 7. The van der Waals surface area contributed by atoms with Crippen LogP contribution in [0.4, 0.5) is 0 Å². The largest absolute Gasteiger partial charge is 0.390 e. The average Bonchev–Trinajstić information content (AvgIpc) is 2.16. The molecule has 1 rings (SSSR count). The molecule has 1 unspecified atom stereocenters. The van der Waals surface area contributed by atoms with Gasteiger partial charge >= 0.3 is 0 Å². The van der Waals surface area contributed by atoms with Crippen LogP contribution in [0.1, 0.15) is 157 Å². The van der Waals surface area contributed by atoms with E-state index >= 15 is 9.59 Å². The van der Waals surface area contributed by atoms with Crippen molar-refractivity contribution in [1.29, 1.82) is 0 Å². The molecule has 0 radical (unpaired) electrons. The number of rotatable bonds is 15. The summed E-state index contributed by atoms with van der Waals surface area (Å²) in [5, 5.41) is 23.2. The van der Waals surface area contributed by atoms with E-state index in [1.807, 2.05) is 61.5 Å². The minimum absolute atomic E-state index is 0.131. The van der Waals surface area contributed by atoms with Crippen LogP contribution in [-0.2, 0) is 52.7 Å². The highest BCUT2D eigenvalue weighted by Crippen LogP contribution is 2.26. The third-order valence-electron chi connectivity index (χ3n) is 16.3. The summed E-state index contributed by atoms with van der Waals surface area (Å²) in [6.45, 7) is 31.1. The number of carbonyl (C=O) groups excluding carboxylic acids is 11. The van der Waals surface area contributed by atoms with Gasteiger partial charge < -0.3 is 60.7 Å². The Balaban J connectivity index is 4.37. The lowest BCUT2D eigenvalue weighted by molar-refractivity contribution is -0.157. The molecule has 23 nitrogen and oxygen atoms in total. The minimum Gasteiger partial charge on any atom is -0.390 e. The first-order valence-corrected chi connectivity index (χ1v) is 30.9. The highest BCUT2D eigenvalue weighted by molar-refractivity contribution is 5.99. The molecule has 0 aliphatic carbocycles. The van der Waals surface area contributed by atoms with Gasteiger partial charge in [-0.05, 0) is 100 Å². The SMILES string of the molecule is C/C=C/C[C@@H](C)[C@@H](O)[C@H]1C(=O)N[C@@H](C(C)C)C(=O)N(C)CC(=O)N(C)C(CC(C)C)C(=O)N[C@@H](C(C)C)C(=O)N(C)[C@@H](CC(C)C)C(=O)N[C@@H](C)C(=O)N[C@H](C)C(=O)N(C)[C@@H](CC(C)C)C(=O)N(C)[C@@H](CC(C)C)C(=O)N(C)[C@@H](C(C)C)C(=O)N1C. The molecule has 0 aromatic heterocycles. The second-order valence-electron chi connectivity index (χ2n) is 26.9. The van der Waals surface area contributed by atoms with E-state index in [9.17, 15) is 48.3 Å². The van der Waals surface area contributed by atoms with Crippen LogP contribution in [0, 0.1) is 47.3 Å². The van der Waals surface area contributed by atoms with Gasteiger partial charge in [-0.2, -0.15) is 0 Å². The first-order chi connectivity index (χ1) is 39.6. The topological polar surface area (TPSA) is 279 Å². The summed E-state index contributed by atoms with van der Waals surface area (Å²) in [5.74, 6) is -10.3. The molecule has 1 heterocycles. The number of likely N-dealkylation sites (N-methyl/N-ethyl adjacent to an activating group) is 7. The van der Waals surface area contributed by atoms with Crippen molar-refractivity contribution in [2.24, 2.45) is 47.3 Å². The molecule has 11 amide bonds. The lowest BCUT2D eigenvalue weighted by Crippen LogP contribution is -2.64. The van der Waals surface area contributed by atoms with Crippen molar-refractivity contribution in [2.75, 3.05) is 55.9 Å². The second kappa shape index (κ2) is 35.0. The lowest BCUT2D eigenvalue weighted by Gasteiger charge is -2.41. The van der Waals surface area contributed by atoms with E-state index in [1.165, 1.54) is 87.7 Å². The number of aliphatic hydroxyl groups excluding tert-OH is 1. The first-order valence-electron chi connectivity index (χ1n) is 30.9. The Morgan fingerprint density at radius 1 is 0.419 bits per heavy atom. The second-order valence-corrected chi connectivity index (χ2v) is 26.9. The molecular formula is C63H113N11O12. The van der Waals surface area contributed by atoms with E-state index in [0.717, 1.165) is 9.80 Å². The van der Waals surface area contributed by atoms with E-state index in [1.54, 1.807) is 61.5 Å². The minimum atomic E-state index is -1.62. The van der Waals surface area contributed by atoms with Crippen molar-refractivity contribution in [2.45, 2.75) is 223 Å².